The van der Waals surface area contributed by atoms with Gasteiger partial charge in [0.25, 0.3) is 0 Å². The monoisotopic (exact) mass is 581 g/mol. The van der Waals surface area contributed by atoms with Crippen LogP contribution in [0.5, 0.6) is 6.01 Å². The Morgan fingerprint density at radius 1 is 1.16 bits per heavy atom. The number of rotatable bonds is 10. The topological polar surface area (TPSA) is 88.8 Å². The number of amides is 1. The van der Waals surface area contributed by atoms with Gasteiger partial charge in [0, 0.05) is 48.4 Å². The highest BCUT2D eigenvalue weighted by molar-refractivity contribution is 5.94. The molecular formula is C34H43N7O2. The molecule has 0 spiro atoms. The lowest BCUT2D eigenvalue weighted by Crippen LogP contribution is -2.55. The molecule has 226 valence electrons. The van der Waals surface area contributed by atoms with Crippen LogP contribution in [-0.4, -0.2) is 83.6 Å². The molecule has 3 aromatic rings. The van der Waals surface area contributed by atoms with Crippen LogP contribution >= 0.6 is 0 Å². The van der Waals surface area contributed by atoms with Gasteiger partial charge < -0.3 is 19.4 Å². The summed E-state index contributed by atoms with van der Waals surface area (Å²) in [5.41, 5.74) is 3.07. The van der Waals surface area contributed by atoms with Crippen LogP contribution in [0.15, 0.2) is 55.1 Å². The van der Waals surface area contributed by atoms with Crippen molar-refractivity contribution in [2.24, 2.45) is 0 Å². The minimum Gasteiger partial charge on any atom is -0.461 e. The van der Waals surface area contributed by atoms with E-state index in [0.717, 1.165) is 43.0 Å². The Labute approximate surface area is 255 Å². The Balaban J connectivity index is 1.49. The summed E-state index contributed by atoms with van der Waals surface area (Å²) < 4.78 is 6.36. The van der Waals surface area contributed by atoms with E-state index in [1.165, 1.54) is 22.5 Å². The number of hydrogen-bond acceptors (Lipinski definition) is 8. The van der Waals surface area contributed by atoms with Crippen LogP contribution in [0.3, 0.4) is 0 Å². The predicted octanol–water partition coefficient (Wildman–Crippen LogP) is 4.81. The molecule has 3 heterocycles. The Hall–Kier alpha value is -4.16. The first-order valence-electron chi connectivity index (χ1n) is 15.3. The minimum atomic E-state index is -0.239. The van der Waals surface area contributed by atoms with Crippen molar-refractivity contribution in [1.29, 1.82) is 5.26 Å². The lowest BCUT2D eigenvalue weighted by molar-refractivity contribution is -0.128. The molecule has 2 aromatic carbocycles. The van der Waals surface area contributed by atoms with E-state index in [0.29, 0.717) is 38.8 Å². The number of nitriles is 1. The van der Waals surface area contributed by atoms with Crippen molar-refractivity contribution in [3.05, 3.63) is 66.4 Å². The maximum Gasteiger partial charge on any atom is 0.318 e. The van der Waals surface area contributed by atoms with Gasteiger partial charge in [0.15, 0.2) is 0 Å². The molecule has 1 atom stereocenters. The molecule has 43 heavy (non-hydrogen) atoms. The zero-order chi connectivity index (χ0) is 30.6. The lowest BCUT2D eigenvalue weighted by atomic mass is 10.0. The molecule has 1 unspecified atom stereocenters. The normalized spacial score (nSPS) is 17.1. The van der Waals surface area contributed by atoms with E-state index < -0.39 is 0 Å². The Morgan fingerprint density at radius 3 is 2.72 bits per heavy atom. The van der Waals surface area contributed by atoms with Crippen LogP contribution in [0.25, 0.3) is 10.8 Å². The summed E-state index contributed by atoms with van der Waals surface area (Å²) in [5, 5.41) is 12.0. The zero-order valence-corrected chi connectivity index (χ0v) is 25.9. The molecule has 9 nitrogen and oxygen atoms in total. The van der Waals surface area contributed by atoms with Crippen LogP contribution in [0, 0.1) is 11.3 Å². The smallest absolute Gasteiger partial charge is 0.318 e. The van der Waals surface area contributed by atoms with E-state index in [9.17, 15) is 10.1 Å². The Morgan fingerprint density at radius 2 is 1.95 bits per heavy atom. The van der Waals surface area contributed by atoms with Gasteiger partial charge in [-0.15, -0.1) is 0 Å². The average molecular weight is 582 g/mol. The van der Waals surface area contributed by atoms with Crippen LogP contribution < -0.4 is 14.5 Å². The first kappa shape index (κ1) is 30.3. The fraction of sp³-hybridized carbons (Fsp3) is 0.471. The third kappa shape index (κ3) is 6.45. The first-order chi connectivity index (χ1) is 20.7. The molecule has 2 aliphatic rings. The van der Waals surface area contributed by atoms with E-state index in [1.807, 2.05) is 0 Å². The SMILES string of the molecule is C=CC(=O)N1CCN(c2nc(OCC(C)(C)N(C)CCC)nc3c2CCN(c2cccc4ccccc24)C3)CC1CC#N. The second-order valence-electron chi connectivity index (χ2n) is 12.1. The lowest BCUT2D eigenvalue weighted by Gasteiger charge is -2.42. The van der Waals surface area contributed by atoms with Crippen LogP contribution in [0.4, 0.5) is 11.5 Å². The number of nitrogens with zero attached hydrogens (tertiary/aromatic N) is 7. The van der Waals surface area contributed by atoms with Gasteiger partial charge >= 0.3 is 6.01 Å². The summed E-state index contributed by atoms with van der Waals surface area (Å²) in [6.45, 7) is 14.7. The van der Waals surface area contributed by atoms with E-state index in [2.05, 4.69) is 97.6 Å². The fourth-order valence-corrected chi connectivity index (χ4v) is 6.13. The van der Waals surface area contributed by atoms with Crippen molar-refractivity contribution >= 4 is 28.2 Å². The van der Waals surface area contributed by atoms with Gasteiger partial charge in [-0.1, -0.05) is 49.9 Å². The van der Waals surface area contributed by atoms with Crippen molar-refractivity contribution in [2.75, 3.05) is 56.2 Å². The summed E-state index contributed by atoms with van der Waals surface area (Å²) in [6.07, 6.45) is 3.43. The van der Waals surface area contributed by atoms with Gasteiger partial charge in [-0.25, -0.2) is 0 Å². The summed E-state index contributed by atoms with van der Waals surface area (Å²) in [6, 6.07) is 17.3. The number of carbonyl (C=O) groups is 1. The number of aromatic nitrogens is 2. The average Bonchev–Trinajstić information content (AvgIpc) is 3.02. The highest BCUT2D eigenvalue weighted by Crippen LogP contribution is 2.35. The molecule has 0 saturated carbocycles. The minimum absolute atomic E-state index is 0.141. The van der Waals surface area contributed by atoms with Gasteiger partial charge in [-0.3, -0.25) is 9.69 Å². The Kier molecular flexibility index (Phi) is 9.16. The molecular weight excluding hydrogens is 538 g/mol. The largest absolute Gasteiger partial charge is 0.461 e. The third-order valence-electron chi connectivity index (χ3n) is 8.84. The maximum atomic E-state index is 12.6. The van der Waals surface area contributed by atoms with Crippen LogP contribution in [0.2, 0.25) is 0 Å². The quantitative estimate of drug-likeness (QED) is 0.315. The summed E-state index contributed by atoms with van der Waals surface area (Å²) in [5.74, 6) is 0.712. The van der Waals surface area contributed by atoms with Crippen molar-refractivity contribution in [3.8, 4) is 12.1 Å². The molecule has 0 N–H and O–H groups in total. The predicted molar refractivity (Wildman–Crippen MR) is 171 cm³/mol. The second-order valence-corrected chi connectivity index (χ2v) is 12.1. The van der Waals surface area contributed by atoms with E-state index in [4.69, 9.17) is 14.7 Å². The third-order valence-corrected chi connectivity index (χ3v) is 8.84. The van der Waals surface area contributed by atoms with Gasteiger partial charge in [0.2, 0.25) is 5.91 Å². The van der Waals surface area contributed by atoms with Crippen molar-refractivity contribution in [2.45, 2.75) is 58.2 Å². The summed E-state index contributed by atoms with van der Waals surface area (Å²) >= 11 is 0. The number of ether oxygens (including phenoxy) is 1. The molecule has 1 saturated heterocycles. The molecule has 0 radical (unpaired) electrons. The molecule has 0 aliphatic carbocycles. The van der Waals surface area contributed by atoms with Gasteiger partial charge in [-0.05, 0) is 57.8 Å². The first-order valence-corrected chi connectivity index (χ1v) is 15.3. The number of hydrogen-bond donors (Lipinski definition) is 0. The van der Waals surface area contributed by atoms with E-state index in [1.54, 1.807) is 4.90 Å². The molecule has 1 amide bonds. The van der Waals surface area contributed by atoms with Gasteiger partial charge in [0.1, 0.15) is 12.4 Å². The number of carbonyl (C=O) groups excluding carboxylic acids is 1. The highest BCUT2D eigenvalue weighted by atomic mass is 16.5. The fourth-order valence-electron chi connectivity index (χ4n) is 6.13. The molecule has 1 aromatic heterocycles. The van der Waals surface area contributed by atoms with Gasteiger partial charge in [-0.2, -0.15) is 15.2 Å². The van der Waals surface area contributed by atoms with E-state index >= 15 is 0 Å². The van der Waals surface area contributed by atoms with Crippen LogP contribution in [0.1, 0.15) is 44.9 Å². The second kappa shape index (κ2) is 13.0. The molecule has 9 heteroatoms. The molecule has 0 bridgehead atoms. The summed E-state index contributed by atoms with van der Waals surface area (Å²) in [4.78, 5) is 31.2. The molecule has 1 fully saturated rings. The maximum absolute atomic E-state index is 12.6. The standard InChI is InChI=1S/C34H43N7O2/c1-6-18-38(5)34(3,4)24-43-33-36-29-23-39(30-14-10-12-25-11-8-9-13-27(25)30)19-16-28(29)32(37-33)40-20-21-41(31(42)7-2)26(22-40)15-17-35/h7-14,26H,2,6,15-16,18-24H2,1,3-5H3. The van der Waals surface area contributed by atoms with Gasteiger partial charge in [0.05, 0.1) is 30.8 Å². The van der Waals surface area contributed by atoms with Crippen molar-refractivity contribution in [1.82, 2.24) is 19.8 Å². The zero-order valence-electron chi connectivity index (χ0n) is 25.9. The molecule has 5 rings (SSSR count). The number of anilines is 2. The number of benzene rings is 2. The van der Waals surface area contributed by atoms with E-state index in [-0.39, 0.29) is 23.9 Å². The number of fused-ring (bicyclic) bond motifs is 2. The molecule has 2 aliphatic heterocycles. The van der Waals surface area contributed by atoms with Crippen LogP contribution in [-0.2, 0) is 17.8 Å². The Bertz CT molecular complexity index is 1510. The van der Waals surface area contributed by atoms with Crippen molar-refractivity contribution < 1.29 is 9.53 Å². The highest BCUT2D eigenvalue weighted by Gasteiger charge is 2.34. The summed E-state index contributed by atoms with van der Waals surface area (Å²) in [7, 11) is 2.12. The number of piperazine rings is 1. The number of likely N-dealkylation sites (N-methyl/N-ethyl adjacent to an activating group) is 1. The van der Waals surface area contributed by atoms with Crippen molar-refractivity contribution in [3.63, 3.8) is 0 Å².